The molecule has 2 aromatic rings. The van der Waals surface area contributed by atoms with E-state index < -0.39 is 41.0 Å². The molecule has 0 bridgehead atoms. The van der Waals surface area contributed by atoms with E-state index in [0.717, 1.165) is 4.90 Å². The molecule has 4 amide bonds. The van der Waals surface area contributed by atoms with E-state index in [0.29, 0.717) is 21.2 Å². The fourth-order valence-corrected chi connectivity index (χ4v) is 6.99. The van der Waals surface area contributed by atoms with Crippen LogP contribution in [-0.4, -0.2) is 78.9 Å². The van der Waals surface area contributed by atoms with Crippen molar-refractivity contribution in [1.82, 2.24) is 30.9 Å². The molecule has 3 atom stereocenters. The number of carboxylic acids is 1. The van der Waals surface area contributed by atoms with Gasteiger partial charge in [-0.3, -0.25) is 14.5 Å². The number of nitrogens with two attached hydrogens (primary N) is 1. The van der Waals surface area contributed by atoms with Crippen LogP contribution in [0.4, 0.5) is 4.79 Å². The third-order valence-corrected chi connectivity index (χ3v) is 8.85. The largest absolute Gasteiger partial charge is 0.477 e. The number of amides is 4. The zero-order valence-electron chi connectivity index (χ0n) is 18.4. The number of fused-ring (bicyclic) bond motifs is 1. The number of urea groups is 1. The molecule has 6 N–H and O–H groups in total. The summed E-state index contributed by atoms with van der Waals surface area (Å²) in [7, 11) is 1.25. The second kappa shape index (κ2) is 9.88. The van der Waals surface area contributed by atoms with Crippen LogP contribution in [0.15, 0.2) is 33.8 Å². The number of nitrogens with one attached hydrogen (secondary N) is 3. The molecule has 2 aliphatic heterocycles. The number of methoxy groups -OCH3 is 1. The number of carboxylic acid groups (broad SMARTS) is 1. The molecule has 2 unspecified atom stereocenters. The predicted molar refractivity (Wildman–Crippen MR) is 127 cm³/mol. The van der Waals surface area contributed by atoms with Crippen LogP contribution in [0.2, 0.25) is 0 Å². The standard InChI is InChI=1S/C19H21N7O6S3/c1-8-14(24-25-23-8)34-6-9-7-35-17-19(32-2,16(30)26(17)12(9)15(28)29)22-13(27)11(21-18(20)31)10-4-3-5-33-10/h3-5,11,17H,6-7H2,1-2H3,(H,22,27)(H,28,29)(H3,20,21,31)(H,23,24,25)/t11?,17?,19-/m1/s1. The van der Waals surface area contributed by atoms with Crippen molar-refractivity contribution in [1.29, 1.82) is 0 Å². The number of aliphatic carboxylic acids is 1. The highest BCUT2D eigenvalue weighted by Gasteiger charge is 2.67. The summed E-state index contributed by atoms with van der Waals surface area (Å²) in [6, 6.07) is 1.27. The number of hydrogen-bond acceptors (Lipinski definition) is 10. The van der Waals surface area contributed by atoms with E-state index in [4.69, 9.17) is 10.5 Å². The third kappa shape index (κ3) is 4.49. The summed E-state index contributed by atoms with van der Waals surface area (Å²) in [5.74, 6) is -2.14. The first-order valence-electron chi connectivity index (χ1n) is 10.1. The van der Waals surface area contributed by atoms with Crippen LogP contribution < -0.4 is 16.4 Å². The molecule has 0 aromatic carbocycles. The van der Waals surface area contributed by atoms with Gasteiger partial charge in [-0.25, -0.2) is 9.59 Å². The molecule has 1 saturated heterocycles. The van der Waals surface area contributed by atoms with Crippen LogP contribution in [0.25, 0.3) is 0 Å². The number of aromatic amines is 1. The van der Waals surface area contributed by atoms with Crippen LogP contribution in [0.3, 0.4) is 0 Å². The Kier molecular flexibility index (Phi) is 7.07. The monoisotopic (exact) mass is 539 g/mol. The molecular formula is C19H21N7O6S3. The fraction of sp³-hybridized carbons (Fsp3) is 0.368. The molecule has 2 aliphatic rings. The van der Waals surface area contributed by atoms with Gasteiger partial charge in [0.1, 0.15) is 22.1 Å². The Morgan fingerprint density at radius 1 is 1.46 bits per heavy atom. The van der Waals surface area contributed by atoms with Crippen LogP contribution in [0.1, 0.15) is 16.6 Å². The summed E-state index contributed by atoms with van der Waals surface area (Å²) >= 11 is 3.79. The molecule has 1 fully saturated rings. The minimum Gasteiger partial charge on any atom is -0.477 e. The number of ether oxygens (including phenoxy) is 1. The topological polar surface area (TPSA) is 193 Å². The number of thiophene rings is 1. The molecule has 0 spiro atoms. The van der Waals surface area contributed by atoms with Crippen molar-refractivity contribution in [2.45, 2.75) is 29.1 Å². The lowest BCUT2D eigenvalue weighted by molar-refractivity contribution is -0.192. The van der Waals surface area contributed by atoms with Gasteiger partial charge >= 0.3 is 12.0 Å². The fourth-order valence-electron chi connectivity index (χ4n) is 3.74. The van der Waals surface area contributed by atoms with Gasteiger partial charge < -0.3 is 26.2 Å². The van der Waals surface area contributed by atoms with Gasteiger partial charge in [0.15, 0.2) is 0 Å². The van der Waals surface area contributed by atoms with Gasteiger partial charge in [0, 0.05) is 23.5 Å². The first kappa shape index (κ1) is 25.0. The number of rotatable bonds is 9. The molecule has 0 saturated carbocycles. The SMILES string of the molecule is CO[C@]1(NC(=O)C(NC(N)=O)c2cccs2)C(=O)N2C(C(=O)O)=C(CSc3n[nH]nc3C)CSC21. The van der Waals surface area contributed by atoms with Gasteiger partial charge in [-0.05, 0) is 23.9 Å². The molecule has 2 aromatic heterocycles. The number of aromatic nitrogens is 3. The molecule has 13 nitrogen and oxygen atoms in total. The summed E-state index contributed by atoms with van der Waals surface area (Å²) in [4.78, 5) is 51.7. The number of H-pyrrole nitrogens is 1. The summed E-state index contributed by atoms with van der Waals surface area (Å²) in [5, 5.41) is 26.9. The normalized spacial score (nSPS) is 22.3. The number of primary amides is 1. The maximum Gasteiger partial charge on any atom is 0.352 e. The van der Waals surface area contributed by atoms with Crippen LogP contribution in [0.5, 0.6) is 0 Å². The molecule has 35 heavy (non-hydrogen) atoms. The van der Waals surface area contributed by atoms with Gasteiger partial charge in [0.05, 0.1) is 5.69 Å². The second-order valence-electron chi connectivity index (χ2n) is 7.48. The zero-order valence-corrected chi connectivity index (χ0v) is 20.9. The lowest BCUT2D eigenvalue weighted by Crippen LogP contribution is -2.81. The van der Waals surface area contributed by atoms with E-state index in [1.807, 2.05) is 0 Å². The van der Waals surface area contributed by atoms with E-state index in [1.165, 1.54) is 42.0 Å². The molecular weight excluding hydrogens is 518 g/mol. The molecule has 0 aliphatic carbocycles. The van der Waals surface area contributed by atoms with E-state index in [9.17, 15) is 24.3 Å². The average Bonchev–Trinajstić information content (AvgIpc) is 3.50. The lowest BCUT2D eigenvalue weighted by Gasteiger charge is -2.56. The third-order valence-electron chi connectivity index (χ3n) is 5.38. The Balaban J connectivity index is 1.57. The van der Waals surface area contributed by atoms with Crippen LogP contribution >= 0.6 is 34.9 Å². The highest BCUT2D eigenvalue weighted by Crippen LogP contribution is 2.47. The van der Waals surface area contributed by atoms with Gasteiger partial charge in [-0.15, -0.1) is 28.2 Å². The number of β-lactam (4-membered cyclic amide) rings is 1. The first-order chi connectivity index (χ1) is 16.7. The molecule has 16 heteroatoms. The smallest absolute Gasteiger partial charge is 0.352 e. The number of hydrogen-bond donors (Lipinski definition) is 5. The second-order valence-corrected chi connectivity index (χ2v) is 10.5. The van der Waals surface area contributed by atoms with Crippen molar-refractivity contribution in [3.63, 3.8) is 0 Å². The summed E-state index contributed by atoms with van der Waals surface area (Å²) in [6.07, 6.45) is 0. The van der Waals surface area contributed by atoms with Crippen molar-refractivity contribution >= 4 is 58.7 Å². The number of thioether (sulfide) groups is 2. The number of nitrogens with zero attached hydrogens (tertiary/aromatic N) is 3. The van der Waals surface area contributed by atoms with Crippen molar-refractivity contribution in [3.05, 3.63) is 39.4 Å². The maximum absolute atomic E-state index is 13.3. The van der Waals surface area contributed by atoms with Gasteiger partial charge in [0.25, 0.3) is 17.5 Å². The predicted octanol–water partition coefficient (Wildman–Crippen LogP) is 0.389. The molecule has 4 rings (SSSR count). The van der Waals surface area contributed by atoms with E-state index in [1.54, 1.807) is 24.4 Å². The Hall–Kier alpha value is -3.08. The molecule has 186 valence electrons. The van der Waals surface area contributed by atoms with E-state index in [2.05, 4.69) is 26.0 Å². The Morgan fingerprint density at radius 3 is 2.80 bits per heavy atom. The Labute approximate surface area is 211 Å². The minimum atomic E-state index is -1.81. The minimum absolute atomic E-state index is 0.153. The Morgan fingerprint density at radius 2 is 2.23 bits per heavy atom. The van der Waals surface area contributed by atoms with E-state index >= 15 is 0 Å². The van der Waals surface area contributed by atoms with Crippen molar-refractivity contribution in [3.8, 4) is 0 Å². The zero-order chi connectivity index (χ0) is 25.3. The quantitative estimate of drug-likeness (QED) is 0.169. The highest BCUT2D eigenvalue weighted by atomic mass is 32.2. The maximum atomic E-state index is 13.3. The number of aryl methyl sites for hydroxylation is 1. The average molecular weight is 540 g/mol. The van der Waals surface area contributed by atoms with Gasteiger partial charge in [0.2, 0.25) is 0 Å². The van der Waals surface area contributed by atoms with Gasteiger partial charge in [-0.1, -0.05) is 17.8 Å². The summed E-state index contributed by atoms with van der Waals surface area (Å²) < 4.78 is 5.47. The summed E-state index contributed by atoms with van der Waals surface area (Å²) in [6.45, 7) is 1.77. The molecule has 0 radical (unpaired) electrons. The van der Waals surface area contributed by atoms with Crippen molar-refractivity contribution in [2.75, 3.05) is 18.6 Å². The first-order valence-corrected chi connectivity index (χ1v) is 13.0. The lowest BCUT2D eigenvalue weighted by atomic mass is 9.97. The highest BCUT2D eigenvalue weighted by molar-refractivity contribution is 8.01. The van der Waals surface area contributed by atoms with Crippen molar-refractivity contribution in [2.24, 2.45) is 5.73 Å². The number of carbonyl (C=O) groups excluding carboxylic acids is 3. The van der Waals surface area contributed by atoms with Gasteiger partial charge in [-0.2, -0.15) is 10.3 Å². The van der Waals surface area contributed by atoms with Crippen molar-refractivity contribution < 1.29 is 29.0 Å². The Bertz CT molecular complexity index is 1200. The van der Waals surface area contributed by atoms with E-state index in [-0.39, 0.29) is 17.2 Å². The summed E-state index contributed by atoms with van der Waals surface area (Å²) in [5.41, 5.74) is 4.48. The molecule has 4 heterocycles. The van der Waals surface area contributed by atoms with Crippen LogP contribution in [-0.2, 0) is 19.1 Å². The number of carbonyl (C=O) groups is 4. The van der Waals surface area contributed by atoms with Crippen LogP contribution in [0, 0.1) is 6.92 Å².